The molecule has 1 saturated heterocycles. The summed E-state index contributed by atoms with van der Waals surface area (Å²) in [7, 11) is 3.78. The highest BCUT2D eigenvalue weighted by Crippen LogP contribution is 2.32. The van der Waals surface area contributed by atoms with Gasteiger partial charge >= 0.3 is 0 Å². The number of thiazole rings is 1. The number of nitrogens with one attached hydrogen (secondary N) is 1. The number of likely N-dealkylation sites (N-methyl/N-ethyl adjacent to an activating group) is 1. The summed E-state index contributed by atoms with van der Waals surface area (Å²) in [5.41, 5.74) is 0.509. The molecule has 1 atom stereocenters. The van der Waals surface area contributed by atoms with Gasteiger partial charge in [-0.1, -0.05) is 0 Å². The fraction of sp³-hybridized carbons (Fsp3) is 0.692. The van der Waals surface area contributed by atoms with Gasteiger partial charge in [0.05, 0.1) is 5.69 Å². The number of anilines is 1. The predicted molar refractivity (Wildman–Crippen MR) is 78.7 cm³/mol. The summed E-state index contributed by atoms with van der Waals surface area (Å²) in [6.45, 7) is 7.59. The van der Waals surface area contributed by atoms with Gasteiger partial charge in [-0.05, 0) is 27.8 Å². The fourth-order valence-electron chi connectivity index (χ4n) is 2.30. The SMILES string of the molecule is CNC(C)c1csc(N2CCN(C)C(=O)C2(C)C)n1. The Bertz CT molecular complexity index is 471. The van der Waals surface area contributed by atoms with Gasteiger partial charge in [0.15, 0.2) is 5.13 Å². The van der Waals surface area contributed by atoms with E-state index in [1.165, 1.54) is 0 Å². The first-order chi connectivity index (χ1) is 8.87. The number of carbonyl (C=O) groups is 1. The summed E-state index contributed by atoms with van der Waals surface area (Å²) < 4.78 is 0. The van der Waals surface area contributed by atoms with E-state index in [9.17, 15) is 4.79 Å². The zero-order chi connectivity index (χ0) is 14.2. The van der Waals surface area contributed by atoms with E-state index in [-0.39, 0.29) is 11.9 Å². The Labute approximate surface area is 118 Å². The Morgan fingerprint density at radius 3 is 2.79 bits per heavy atom. The average molecular weight is 282 g/mol. The second kappa shape index (κ2) is 5.09. The molecule has 1 N–H and O–H groups in total. The molecule has 0 aliphatic carbocycles. The third kappa shape index (κ3) is 2.47. The third-order valence-electron chi connectivity index (χ3n) is 3.82. The smallest absolute Gasteiger partial charge is 0.247 e. The van der Waals surface area contributed by atoms with E-state index in [2.05, 4.69) is 27.5 Å². The first kappa shape index (κ1) is 14.3. The quantitative estimate of drug-likeness (QED) is 0.912. The molecule has 1 aromatic heterocycles. The lowest BCUT2D eigenvalue weighted by Crippen LogP contribution is -2.62. The van der Waals surface area contributed by atoms with Crippen LogP contribution < -0.4 is 10.2 Å². The molecule has 5 nitrogen and oxygen atoms in total. The van der Waals surface area contributed by atoms with Crippen molar-refractivity contribution >= 4 is 22.4 Å². The first-order valence-electron chi connectivity index (χ1n) is 6.54. The largest absolute Gasteiger partial charge is 0.342 e. The van der Waals surface area contributed by atoms with Crippen molar-refractivity contribution in [3.63, 3.8) is 0 Å². The van der Waals surface area contributed by atoms with Gasteiger partial charge in [-0.15, -0.1) is 11.3 Å². The molecule has 0 bridgehead atoms. The standard InChI is InChI=1S/C13H22N4OS/c1-9(14-4)10-8-19-12(15-10)17-7-6-16(5)11(18)13(17,2)3/h8-9,14H,6-7H2,1-5H3. The minimum absolute atomic E-state index is 0.150. The van der Waals surface area contributed by atoms with Gasteiger partial charge in [-0.2, -0.15) is 0 Å². The van der Waals surface area contributed by atoms with Gasteiger partial charge in [0.25, 0.3) is 0 Å². The highest BCUT2D eigenvalue weighted by molar-refractivity contribution is 7.13. The van der Waals surface area contributed by atoms with E-state index in [0.717, 1.165) is 23.9 Å². The monoisotopic (exact) mass is 282 g/mol. The number of rotatable bonds is 3. The van der Waals surface area contributed by atoms with Crippen molar-refractivity contribution in [2.45, 2.75) is 32.4 Å². The molecule has 0 radical (unpaired) electrons. The molecule has 1 aliphatic heterocycles. The highest BCUT2D eigenvalue weighted by atomic mass is 32.1. The lowest BCUT2D eigenvalue weighted by atomic mass is 9.99. The van der Waals surface area contributed by atoms with Gasteiger partial charge in [0.1, 0.15) is 5.54 Å². The van der Waals surface area contributed by atoms with Crippen molar-refractivity contribution in [1.29, 1.82) is 0 Å². The van der Waals surface area contributed by atoms with E-state index < -0.39 is 5.54 Å². The summed E-state index contributed by atoms with van der Waals surface area (Å²) >= 11 is 1.61. The highest BCUT2D eigenvalue weighted by Gasteiger charge is 2.41. The Morgan fingerprint density at radius 1 is 1.47 bits per heavy atom. The number of nitrogens with zero attached hydrogens (tertiary/aromatic N) is 3. The van der Waals surface area contributed by atoms with Gasteiger partial charge in [-0.25, -0.2) is 4.98 Å². The van der Waals surface area contributed by atoms with Crippen LogP contribution in [0.5, 0.6) is 0 Å². The van der Waals surface area contributed by atoms with Crippen molar-refractivity contribution in [3.8, 4) is 0 Å². The summed E-state index contributed by atoms with van der Waals surface area (Å²) in [4.78, 5) is 20.9. The van der Waals surface area contributed by atoms with E-state index in [1.54, 1.807) is 16.2 Å². The maximum atomic E-state index is 12.3. The second-order valence-electron chi connectivity index (χ2n) is 5.50. The minimum Gasteiger partial charge on any atom is -0.342 e. The number of amides is 1. The molecule has 1 aromatic rings. The van der Waals surface area contributed by atoms with E-state index in [0.29, 0.717) is 0 Å². The van der Waals surface area contributed by atoms with Crippen molar-refractivity contribution in [2.75, 3.05) is 32.1 Å². The fourth-order valence-corrected chi connectivity index (χ4v) is 3.38. The number of aromatic nitrogens is 1. The summed E-state index contributed by atoms with van der Waals surface area (Å²) in [5.74, 6) is 0.150. The number of piperazine rings is 1. The van der Waals surface area contributed by atoms with Crippen LogP contribution in [0.25, 0.3) is 0 Å². The van der Waals surface area contributed by atoms with Crippen LogP contribution in [0.4, 0.5) is 5.13 Å². The molecular weight excluding hydrogens is 260 g/mol. The van der Waals surface area contributed by atoms with Crippen LogP contribution in [0.3, 0.4) is 0 Å². The molecule has 1 fully saturated rings. The van der Waals surface area contributed by atoms with Gasteiger partial charge in [0, 0.05) is 31.6 Å². The Balaban J connectivity index is 2.26. The van der Waals surface area contributed by atoms with E-state index in [4.69, 9.17) is 0 Å². The molecule has 0 saturated carbocycles. The second-order valence-corrected chi connectivity index (χ2v) is 6.34. The summed E-state index contributed by atoms with van der Waals surface area (Å²) in [6, 6.07) is 0.233. The first-order valence-corrected chi connectivity index (χ1v) is 7.41. The minimum atomic E-state index is -0.523. The molecule has 106 valence electrons. The average Bonchev–Trinajstić information content (AvgIpc) is 2.84. The molecule has 6 heteroatoms. The van der Waals surface area contributed by atoms with Crippen molar-refractivity contribution in [3.05, 3.63) is 11.1 Å². The lowest BCUT2D eigenvalue weighted by molar-refractivity contribution is -0.136. The summed E-state index contributed by atoms with van der Waals surface area (Å²) in [5, 5.41) is 6.18. The number of hydrogen-bond donors (Lipinski definition) is 1. The zero-order valence-electron chi connectivity index (χ0n) is 12.2. The molecule has 0 spiro atoms. The van der Waals surface area contributed by atoms with Gasteiger partial charge in [-0.3, -0.25) is 4.79 Å². The van der Waals surface area contributed by atoms with Crippen LogP contribution in [-0.2, 0) is 4.79 Å². The van der Waals surface area contributed by atoms with Crippen LogP contribution >= 0.6 is 11.3 Å². The van der Waals surface area contributed by atoms with Crippen molar-refractivity contribution < 1.29 is 4.79 Å². The van der Waals surface area contributed by atoms with Crippen LogP contribution in [0.2, 0.25) is 0 Å². The van der Waals surface area contributed by atoms with Crippen molar-refractivity contribution in [2.24, 2.45) is 0 Å². The van der Waals surface area contributed by atoms with E-state index in [1.807, 2.05) is 27.9 Å². The molecule has 19 heavy (non-hydrogen) atoms. The maximum absolute atomic E-state index is 12.3. The Kier molecular flexibility index (Phi) is 3.82. The van der Waals surface area contributed by atoms with Crippen LogP contribution in [0, 0.1) is 0 Å². The lowest BCUT2D eigenvalue weighted by Gasteiger charge is -2.44. The van der Waals surface area contributed by atoms with Crippen LogP contribution in [-0.4, -0.2) is 48.5 Å². The molecule has 1 unspecified atom stereocenters. The summed E-state index contributed by atoms with van der Waals surface area (Å²) in [6.07, 6.45) is 0. The zero-order valence-corrected chi connectivity index (χ0v) is 13.0. The maximum Gasteiger partial charge on any atom is 0.247 e. The normalized spacial score (nSPS) is 20.8. The number of carbonyl (C=O) groups excluding carboxylic acids is 1. The Morgan fingerprint density at radius 2 is 2.16 bits per heavy atom. The Hall–Kier alpha value is -1.14. The molecule has 1 amide bonds. The third-order valence-corrected chi connectivity index (χ3v) is 4.70. The van der Waals surface area contributed by atoms with Crippen LogP contribution in [0.15, 0.2) is 5.38 Å². The molecule has 2 heterocycles. The van der Waals surface area contributed by atoms with Crippen LogP contribution in [0.1, 0.15) is 32.5 Å². The number of hydrogen-bond acceptors (Lipinski definition) is 5. The van der Waals surface area contributed by atoms with Gasteiger partial charge < -0.3 is 15.1 Å². The predicted octanol–water partition coefficient (Wildman–Crippen LogP) is 1.48. The molecule has 2 rings (SSSR count). The topological polar surface area (TPSA) is 48.5 Å². The molecular formula is C13H22N4OS. The van der Waals surface area contributed by atoms with E-state index >= 15 is 0 Å². The molecule has 1 aliphatic rings. The molecule has 0 aromatic carbocycles. The van der Waals surface area contributed by atoms with Crippen molar-refractivity contribution in [1.82, 2.24) is 15.2 Å². The van der Waals surface area contributed by atoms with Gasteiger partial charge in [0.2, 0.25) is 5.91 Å².